The lowest BCUT2D eigenvalue weighted by Gasteiger charge is -2.38. The number of aliphatic carboxylic acids is 1. The van der Waals surface area contributed by atoms with Crippen molar-refractivity contribution in [2.24, 2.45) is 4.99 Å². The lowest BCUT2D eigenvalue weighted by molar-refractivity contribution is -0.137. The summed E-state index contributed by atoms with van der Waals surface area (Å²) in [5.41, 5.74) is 1.28. The highest BCUT2D eigenvalue weighted by Gasteiger charge is 2.41. The van der Waals surface area contributed by atoms with Crippen LogP contribution in [-0.2, 0) is 14.3 Å². The molecule has 40 heavy (non-hydrogen) atoms. The zero-order valence-electron chi connectivity index (χ0n) is 21.7. The number of piperazine rings is 1. The third-order valence-corrected chi connectivity index (χ3v) is 8.25. The Morgan fingerprint density at radius 3 is 2.83 bits per heavy atom. The van der Waals surface area contributed by atoms with Crippen LogP contribution in [-0.4, -0.2) is 101 Å². The number of carboxylic acid groups (broad SMARTS) is 1. The Morgan fingerprint density at radius 2 is 2.12 bits per heavy atom. The molecular formula is C26H28ClFN6O5S. The maximum Gasteiger partial charge on any atom is 0.338 e. The molecular weight excluding hydrogens is 563 g/mol. The van der Waals surface area contributed by atoms with Crippen LogP contribution in [0.1, 0.15) is 29.5 Å². The van der Waals surface area contributed by atoms with Crippen molar-refractivity contribution < 1.29 is 28.6 Å². The Hall–Kier alpha value is -3.55. The van der Waals surface area contributed by atoms with Crippen molar-refractivity contribution in [3.8, 4) is 0 Å². The van der Waals surface area contributed by atoms with Gasteiger partial charge in [-0.05, 0) is 18.6 Å². The average molecular weight is 591 g/mol. The van der Waals surface area contributed by atoms with Gasteiger partial charge in [0.15, 0.2) is 10.8 Å². The molecule has 2 aromatic rings. The van der Waals surface area contributed by atoms with Gasteiger partial charge in [0.25, 0.3) is 0 Å². The van der Waals surface area contributed by atoms with Crippen molar-refractivity contribution >= 4 is 46.7 Å². The molecule has 0 bridgehead atoms. The number of nitrogens with zero attached hydrogens (tertiary/aromatic N) is 5. The maximum absolute atomic E-state index is 13.9. The molecule has 2 amide bonds. The van der Waals surface area contributed by atoms with E-state index in [9.17, 15) is 18.8 Å². The van der Waals surface area contributed by atoms with Crippen molar-refractivity contribution in [2.75, 3.05) is 46.4 Å². The Balaban J connectivity index is 1.41. The Bertz CT molecular complexity index is 1370. The number of ether oxygens (including phenoxy) is 1. The van der Waals surface area contributed by atoms with E-state index < -0.39 is 23.8 Å². The molecule has 3 aliphatic heterocycles. The number of methoxy groups -OCH3 is 1. The number of amides is 2. The summed E-state index contributed by atoms with van der Waals surface area (Å²) in [5.74, 6) is -1.51. The number of carboxylic acids is 1. The molecule has 2 N–H and O–H groups in total. The summed E-state index contributed by atoms with van der Waals surface area (Å²) in [7, 11) is 1.29. The number of halogens is 2. The number of benzene rings is 1. The summed E-state index contributed by atoms with van der Waals surface area (Å²) in [5, 5.41) is 14.8. The number of aromatic nitrogens is 1. The van der Waals surface area contributed by atoms with Crippen LogP contribution in [0.25, 0.3) is 0 Å². The lowest BCUT2D eigenvalue weighted by Crippen LogP contribution is -2.53. The van der Waals surface area contributed by atoms with Gasteiger partial charge in [0.2, 0.25) is 0 Å². The summed E-state index contributed by atoms with van der Waals surface area (Å²) in [6, 6.07) is 2.98. The second-order valence-corrected chi connectivity index (χ2v) is 11.0. The summed E-state index contributed by atoms with van der Waals surface area (Å²) < 4.78 is 19.0. The Morgan fingerprint density at radius 1 is 1.30 bits per heavy atom. The van der Waals surface area contributed by atoms with Crippen molar-refractivity contribution in [3.63, 3.8) is 0 Å². The quantitative estimate of drug-likeness (QED) is 0.427. The number of hydrogen-bond acceptors (Lipinski definition) is 9. The molecule has 0 spiro atoms. The number of nitrogens with one attached hydrogen (secondary N) is 1. The third-order valence-electron chi connectivity index (χ3n) is 7.14. The molecule has 1 aromatic carbocycles. The minimum atomic E-state index is -0.883. The van der Waals surface area contributed by atoms with Crippen LogP contribution >= 0.6 is 22.9 Å². The SMILES string of the molecule is COC(=O)C1=C(CN2CCN3C(=O)N(CCCC(=O)O)C[C@@H]3C2)NC(c2nccs2)=N[C@H]1c1ccc(F)cc1Cl. The van der Waals surface area contributed by atoms with Crippen LogP contribution in [0.3, 0.4) is 0 Å². The van der Waals surface area contributed by atoms with Crippen LogP contribution in [0.15, 0.2) is 46.0 Å². The van der Waals surface area contributed by atoms with Gasteiger partial charge in [0, 0.05) is 73.5 Å². The molecule has 2 saturated heterocycles. The molecule has 0 saturated carbocycles. The van der Waals surface area contributed by atoms with Gasteiger partial charge in [-0.1, -0.05) is 17.7 Å². The molecule has 11 nitrogen and oxygen atoms in total. The smallest absolute Gasteiger partial charge is 0.338 e. The minimum absolute atomic E-state index is 0.0128. The van der Waals surface area contributed by atoms with Gasteiger partial charge in [0.1, 0.15) is 11.9 Å². The first kappa shape index (κ1) is 28.0. The van der Waals surface area contributed by atoms with Gasteiger partial charge in [-0.3, -0.25) is 14.7 Å². The number of esters is 1. The molecule has 1 aromatic heterocycles. The van der Waals surface area contributed by atoms with Gasteiger partial charge >= 0.3 is 18.0 Å². The molecule has 212 valence electrons. The van der Waals surface area contributed by atoms with E-state index in [0.29, 0.717) is 67.8 Å². The third kappa shape index (κ3) is 5.81. The zero-order valence-corrected chi connectivity index (χ0v) is 23.3. The molecule has 3 aliphatic rings. The predicted molar refractivity (Wildman–Crippen MR) is 146 cm³/mol. The van der Waals surface area contributed by atoms with E-state index in [2.05, 4.69) is 15.2 Å². The fourth-order valence-corrected chi connectivity index (χ4v) is 6.14. The number of carbonyl (C=O) groups excluding carboxylic acids is 2. The van der Waals surface area contributed by atoms with Gasteiger partial charge in [-0.25, -0.2) is 19.0 Å². The lowest BCUT2D eigenvalue weighted by atomic mass is 9.95. The topological polar surface area (TPSA) is 128 Å². The highest BCUT2D eigenvalue weighted by molar-refractivity contribution is 7.11. The van der Waals surface area contributed by atoms with Crippen molar-refractivity contribution in [2.45, 2.75) is 24.9 Å². The van der Waals surface area contributed by atoms with Gasteiger partial charge in [0.05, 0.1) is 18.7 Å². The number of amidine groups is 1. The van der Waals surface area contributed by atoms with E-state index in [1.807, 2.05) is 10.3 Å². The second-order valence-electron chi connectivity index (χ2n) is 9.70. The van der Waals surface area contributed by atoms with Crippen molar-refractivity contribution in [1.29, 1.82) is 0 Å². The second kappa shape index (κ2) is 11.9. The summed E-state index contributed by atoms with van der Waals surface area (Å²) in [4.78, 5) is 51.7. The number of hydrogen-bond donors (Lipinski definition) is 2. The Labute approximate surface area is 238 Å². The Kier molecular flexibility index (Phi) is 8.33. The molecule has 2 atom stereocenters. The van der Waals surface area contributed by atoms with Crippen LogP contribution in [0.5, 0.6) is 0 Å². The van der Waals surface area contributed by atoms with Gasteiger partial charge in [-0.15, -0.1) is 11.3 Å². The zero-order chi connectivity index (χ0) is 28.4. The van der Waals surface area contributed by atoms with Crippen molar-refractivity contribution in [1.82, 2.24) is 25.0 Å². The first-order valence-electron chi connectivity index (χ1n) is 12.8. The number of urea groups is 1. The van der Waals surface area contributed by atoms with E-state index in [0.717, 1.165) is 0 Å². The first-order valence-corrected chi connectivity index (χ1v) is 14.0. The van der Waals surface area contributed by atoms with E-state index in [-0.39, 0.29) is 29.1 Å². The minimum Gasteiger partial charge on any atom is -0.481 e. The summed E-state index contributed by atoms with van der Waals surface area (Å²) in [6.07, 6.45) is 2.07. The molecule has 5 rings (SSSR count). The van der Waals surface area contributed by atoms with E-state index in [1.54, 1.807) is 11.1 Å². The fourth-order valence-electron chi connectivity index (χ4n) is 5.29. The fraction of sp³-hybridized carbons (Fsp3) is 0.423. The molecule has 2 fully saturated rings. The molecule has 14 heteroatoms. The molecule has 4 heterocycles. The number of carbonyl (C=O) groups is 3. The average Bonchev–Trinajstić information content (AvgIpc) is 3.56. The standard InChI is InChI=1S/C26H28ClFN6O5S/c1-39-25(37)21-19(14-32-8-9-34-16(12-32)13-33(26(34)38)7-2-3-20(35)36)30-23(24-29-6-10-40-24)31-22(21)17-5-4-15(28)11-18(17)27/h4-6,10-11,16,22H,2-3,7-9,12-14H2,1H3,(H,30,31)(H,35,36)/t16-,22-/m0/s1. The number of rotatable bonds is 9. The van der Waals surface area contributed by atoms with Crippen LogP contribution < -0.4 is 5.32 Å². The maximum atomic E-state index is 13.9. The van der Waals surface area contributed by atoms with Crippen molar-refractivity contribution in [3.05, 3.63) is 62.5 Å². The van der Waals surface area contributed by atoms with Crippen LogP contribution in [0.4, 0.5) is 9.18 Å². The van der Waals surface area contributed by atoms with E-state index in [4.69, 9.17) is 26.4 Å². The summed E-state index contributed by atoms with van der Waals surface area (Å²) in [6.45, 7) is 2.86. The number of thiazole rings is 1. The number of fused-ring (bicyclic) bond motifs is 1. The predicted octanol–water partition coefficient (Wildman–Crippen LogP) is 2.74. The molecule has 0 unspecified atom stereocenters. The van der Waals surface area contributed by atoms with Crippen LogP contribution in [0, 0.1) is 5.82 Å². The first-order chi connectivity index (χ1) is 19.2. The van der Waals surface area contributed by atoms with E-state index >= 15 is 0 Å². The highest BCUT2D eigenvalue weighted by Crippen LogP contribution is 2.37. The molecule has 0 aliphatic carbocycles. The number of aliphatic imine (C=N–C) groups is 1. The molecule has 0 radical (unpaired) electrons. The largest absolute Gasteiger partial charge is 0.481 e. The monoisotopic (exact) mass is 590 g/mol. The highest BCUT2D eigenvalue weighted by atomic mass is 35.5. The van der Waals surface area contributed by atoms with E-state index in [1.165, 1.54) is 36.6 Å². The van der Waals surface area contributed by atoms with Gasteiger partial charge in [-0.2, -0.15) is 0 Å². The normalized spacial score (nSPS) is 21.3. The van der Waals surface area contributed by atoms with Crippen LogP contribution in [0.2, 0.25) is 5.02 Å². The van der Waals surface area contributed by atoms with Gasteiger partial charge < -0.3 is 25.0 Å². The summed E-state index contributed by atoms with van der Waals surface area (Å²) >= 11 is 7.81.